The fourth-order valence-corrected chi connectivity index (χ4v) is 3.63. The molecule has 1 saturated heterocycles. The van der Waals surface area contributed by atoms with Crippen LogP contribution < -0.4 is 5.32 Å². The number of aliphatic hydroxyl groups excluding tert-OH is 2. The Hall–Kier alpha value is 0.130. The minimum absolute atomic E-state index is 0.00520. The summed E-state index contributed by atoms with van der Waals surface area (Å²) in [6.45, 7) is 5.47. The molecule has 0 aliphatic carbocycles. The lowest BCUT2D eigenvalue weighted by molar-refractivity contribution is -0.196. The van der Waals surface area contributed by atoms with Crippen LogP contribution in [0.5, 0.6) is 0 Å². The molecule has 3 N–H and O–H groups in total. The van der Waals surface area contributed by atoms with Gasteiger partial charge in [-0.05, 0) is 32.6 Å². The predicted molar refractivity (Wildman–Crippen MR) is 92.6 cm³/mol. The number of ether oxygens (including phenoxy) is 1. The smallest absolute Gasteiger partial charge is 0.217 e. The van der Waals surface area contributed by atoms with Crippen molar-refractivity contribution in [3.05, 3.63) is 0 Å². The number of hydrogen-bond donors (Lipinski definition) is 3. The van der Waals surface area contributed by atoms with Gasteiger partial charge in [0.15, 0.2) is 0 Å². The highest BCUT2D eigenvalue weighted by molar-refractivity contribution is 7.10. The Morgan fingerprint density at radius 3 is 2.61 bits per heavy atom. The third-order valence-corrected chi connectivity index (χ3v) is 4.64. The number of rotatable bonds is 8. The van der Waals surface area contributed by atoms with Crippen LogP contribution in [0, 0.1) is 5.92 Å². The first-order valence-electron chi connectivity index (χ1n) is 7.66. The van der Waals surface area contributed by atoms with E-state index in [1.165, 1.54) is 6.92 Å². The molecule has 1 aliphatic rings. The van der Waals surface area contributed by atoms with Crippen molar-refractivity contribution < 1.29 is 28.8 Å². The van der Waals surface area contributed by atoms with E-state index in [-0.39, 0.29) is 25.0 Å². The number of amides is 1. The van der Waals surface area contributed by atoms with Crippen molar-refractivity contribution in [1.29, 1.82) is 0 Å². The molecular formula is C14H29NO6P2. The maximum Gasteiger partial charge on any atom is 0.217 e. The Balaban J connectivity index is 3.05. The van der Waals surface area contributed by atoms with Gasteiger partial charge in [0.1, 0.15) is 18.3 Å². The normalized spacial score (nSPS) is 29.8. The van der Waals surface area contributed by atoms with Crippen LogP contribution in [0.4, 0.5) is 0 Å². The van der Waals surface area contributed by atoms with Gasteiger partial charge in [0.2, 0.25) is 5.91 Å². The summed E-state index contributed by atoms with van der Waals surface area (Å²) in [6, 6.07) is -0.408. The van der Waals surface area contributed by atoms with Crippen molar-refractivity contribution in [2.24, 2.45) is 5.92 Å². The SMILES string of the molecule is CC(=O)NC1C(CCO)CC(C)(C)OC1C(O)C(COP)OP. The summed E-state index contributed by atoms with van der Waals surface area (Å²) < 4.78 is 16.3. The second-order valence-corrected chi connectivity index (χ2v) is 7.15. The molecule has 23 heavy (non-hydrogen) atoms. The first kappa shape index (κ1) is 21.2. The maximum atomic E-state index is 11.6. The highest BCUT2D eigenvalue weighted by Gasteiger charge is 2.47. The minimum Gasteiger partial charge on any atom is -0.396 e. The summed E-state index contributed by atoms with van der Waals surface area (Å²) >= 11 is 0. The highest BCUT2D eigenvalue weighted by atomic mass is 31.0. The van der Waals surface area contributed by atoms with Gasteiger partial charge in [0.05, 0.1) is 18.2 Å². The Morgan fingerprint density at radius 2 is 2.13 bits per heavy atom. The molecule has 0 radical (unpaired) electrons. The molecule has 0 bridgehead atoms. The molecule has 9 heteroatoms. The summed E-state index contributed by atoms with van der Waals surface area (Å²) in [5.41, 5.74) is -0.478. The lowest BCUT2D eigenvalue weighted by Crippen LogP contribution is -2.62. The van der Waals surface area contributed by atoms with Crippen LogP contribution in [-0.2, 0) is 18.6 Å². The second kappa shape index (κ2) is 9.57. The molecule has 1 rings (SSSR count). The third kappa shape index (κ3) is 6.17. The molecule has 136 valence electrons. The molecular weight excluding hydrogens is 340 g/mol. The Labute approximate surface area is 142 Å². The molecule has 1 heterocycles. The Kier molecular flexibility index (Phi) is 8.81. The van der Waals surface area contributed by atoms with Gasteiger partial charge in [-0.1, -0.05) is 0 Å². The standard InChI is InChI=1S/C14H29NO6P2/c1-8(17)15-11-9(4-5-16)6-14(2,3)20-13(11)12(18)10(21-23)7-19-22/h9-13,16,18H,4-7,22-23H2,1-3H3,(H,15,17). The van der Waals surface area contributed by atoms with E-state index in [9.17, 15) is 15.0 Å². The molecule has 0 saturated carbocycles. The van der Waals surface area contributed by atoms with Gasteiger partial charge in [0, 0.05) is 32.5 Å². The largest absolute Gasteiger partial charge is 0.396 e. The van der Waals surface area contributed by atoms with Gasteiger partial charge >= 0.3 is 0 Å². The number of carbonyl (C=O) groups is 1. The fourth-order valence-electron chi connectivity index (χ4n) is 3.21. The number of nitrogens with one attached hydrogen (secondary N) is 1. The van der Waals surface area contributed by atoms with Gasteiger partial charge in [-0.3, -0.25) is 4.79 Å². The molecule has 0 aromatic heterocycles. The van der Waals surface area contributed by atoms with Crippen LogP contribution in [0.25, 0.3) is 0 Å². The van der Waals surface area contributed by atoms with Crippen LogP contribution in [0.3, 0.4) is 0 Å². The molecule has 7 atom stereocenters. The van der Waals surface area contributed by atoms with Crippen molar-refractivity contribution in [1.82, 2.24) is 5.32 Å². The first-order valence-corrected chi connectivity index (χ1v) is 8.61. The molecule has 0 spiro atoms. The summed E-state index contributed by atoms with van der Waals surface area (Å²) in [5, 5.41) is 22.9. The van der Waals surface area contributed by atoms with Gasteiger partial charge < -0.3 is 29.3 Å². The Morgan fingerprint density at radius 1 is 1.48 bits per heavy atom. The van der Waals surface area contributed by atoms with E-state index in [4.69, 9.17) is 13.8 Å². The van der Waals surface area contributed by atoms with Gasteiger partial charge in [-0.2, -0.15) is 0 Å². The zero-order valence-electron chi connectivity index (χ0n) is 13.9. The lowest BCUT2D eigenvalue weighted by Gasteiger charge is -2.48. The molecule has 7 unspecified atom stereocenters. The van der Waals surface area contributed by atoms with E-state index in [0.717, 1.165) is 0 Å². The Bertz CT molecular complexity index is 384. The average Bonchev–Trinajstić information content (AvgIpc) is 2.46. The van der Waals surface area contributed by atoms with Crippen LogP contribution >= 0.6 is 18.9 Å². The second-order valence-electron chi connectivity index (χ2n) is 6.54. The zero-order chi connectivity index (χ0) is 17.6. The van der Waals surface area contributed by atoms with E-state index in [1.54, 1.807) is 0 Å². The molecule has 7 nitrogen and oxygen atoms in total. The van der Waals surface area contributed by atoms with E-state index in [0.29, 0.717) is 12.8 Å². The monoisotopic (exact) mass is 369 g/mol. The van der Waals surface area contributed by atoms with Gasteiger partial charge in [-0.25, -0.2) is 0 Å². The van der Waals surface area contributed by atoms with Crippen LogP contribution in [0.1, 0.15) is 33.6 Å². The van der Waals surface area contributed by atoms with Crippen LogP contribution in [0.2, 0.25) is 0 Å². The van der Waals surface area contributed by atoms with Crippen molar-refractivity contribution in [3.8, 4) is 0 Å². The van der Waals surface area contributed by atoms with Crippen molar-refractivity contribution in [2.45, 2.75) is 63.6 Å². The fraction of sp³-hybridized carbons (Fsp3) is 0.929. The lowest BCUT2D eigenvalue weighted by atomic mass is 9.78. The third-order valence-electron chi connectivity index (χ3n) is 4.09. The van der Waals surface area contributed by atoms with Gasteiger partial charge in [-0.15, -0.1) is 0 Å². The molecule has 1 amide bonds. The molecule has 1 aliphatic heterocycles. The maximum absolute atomic E-state index is 11.6. The zero-order valence-corrected chi connectivity index (χ0v) is 16.2. The molecule has 0 aromatic rings. The molecule has 1 fully saturated rings. The predicted octanol–water partition coefficient (Wildman–Crippen LogP) is 0.400. The van der Waals surface area contributed by atoms with E-state index < -0.39 is 30.0 Å². The van der Waals surface area contributed by atoms with Crippen molar-refractivity contribution >= 4 is 24.8 Å². The summed E-state index contributed by atoms with van der Waals surface area (Å²) in [4.78, 5) is 11.6. The number of hydrogen-bond acceptors (Lipinski definition) is 6. The topological polar surface area (TPSA) is 97.3 Å². The number of aliphatic hydroxyl groups is 2. The highest BCUT2D eigenvalue weighted by Crippen LogP contribution is 2.36. The van der Waals surface area contributed by atoms with Crippen molar-refractivity contribution in [3.63, 3.8) is 0 Å². The summed E-state index contributed by atoms with van der Waals surface area (Å²) in [6.07, 6.45) is -1.08. The van der Waals surface area contributed by atoms with Crippen molar-refractivity contribution in [2.75, 3.05) is 13.2 Å². The quantitative estimate of drug-likeness (QED) is 0.536. The van der Waals surface area contributed by atoms with Crippen LogP contribution in [0.15, 0.2) is 0 Å². The van der Waals surface area contributed by atoms with E-state index in [1.807, 2.05) is 13.8 Å². The van der Waals surface area contributed by atoms with E-state index in [2.05, 4.69) is 24.3 Å². The van der Waals surface area contributed by atoms with Gasteiger partial charge in [0.25, 0.3) is 0 Å². The first-order chi connectivity index (χ1) is 10.8. The van der Waals surface area contributed by atoms with E-state index >= 15 is 0 Å². The molecule has 0 aromatic carbocycles. The summed E-state index contributed by atoms with van der Waals surface area (Å²) in [7, 11) is 4.23. The summed E-state index contributed by atoms with van der Waals surface area (Å²) in [5.74, 6) is -0.210. The van der Waals surface area contributed by atoms with Crippen LogP contribution in [-0.4, -0.2) is 59.3 Å². The minimum atomic E-state index is -0.995. The number of carbonyl (C=O) groups excluding carboxylic acids is 1. The average molecular weight is 369 g/mol.